The van der Waals surface area contributed by atoms with Crippen molar-refractivity contribution in [2.24, 2.45) is 17.0 Å². The summed E-state index contributed by atoms with van der Waals surface area (Å²) in [5.41, 5.74) is 0. The monoisotopic (exact) mass is 314 g/mol. The lowest BCUT2D eigenvalue weighted by atomic mass is 9.82. The molecule has 1 saturated carbocycles. The van der Waals surface area contributed by atoms with Gasteiger partial charge in [0, 0.05) is 11.8 Å². The van der Waals surface area contributed by atoms with Crippen molar-refractivity contribution in [3.8, 4) is 12.3 Å². The van der Waals surface area contributed by atoms with E-state index in [4.69, 9.17) is 11.6 Å². The van der Waals surface area contributed by atoms with E-state index < -0.39 is 10.0 Å². The highest BCUT2D eigenvalue weighted by Gasteiger charge is 2.26. The minimum Gasteiger partial charge on any atom is -0.300 e. The molecular weight excluding hydrogens is 300 g/mol. The predicted octanol–water partition coefficient (Wildman–Crippen LogP) is 0.564. The topological polar surface area (TPSA) is 115 Å². The van der Waals surface area contributed by atoms with Crippen LogP contribution in [-0.4, -0.2) is 24.5 Å². The van der Waals surface area contributed by atoms with Crippen molar-refractivity contribution in [1.82, 2.24) is 10.2 Å². The average Bonchev–Trinajstić information content (AvgIpc) is 2.87. The summed E-state index contributed by atoms with van der Waals surface area (Å²) >= 11 is 0.738. The van der Waals surface area contributed by atoms with Gasteiger partial charge in [-0.2, -0.15) is 0 Å². The van der Waals surface area contributed by atoms with E-state index in [1.807, 2.05) is 0 Å². The number of nitrogens with zero attached hydrogens (tertiary/aromatic N) is 2. The first-order valence-electron chi connectivity index (χ1n) is 6.03. The smallest absolute Gasteiger partial charge is 0.267 e. The fourth-order valence-electron chi connectivity index (χ4n) is 2.10. The summed E-state index contributed by atoms with van der Waals surface area (Å²) in [5, 5.41) is 14.7. The van der Waals surface area contributed by atoms with Crippen molar-refractivity contribution >= 4 is 32.4 Å². The van der Waals surface area contributed by atoms with Gasteiger partial charge in [0.15, 0.2) is 0 Å². The molecule has 108 valence electrons. The van der Waals surface area contributed by atoms with Gasteiger partial charge in [-0.3, -0.25) is 4.79 Å². The SMILES string of the molecule is C#CC1CCC(C(=O)Nc2nnc(S(N)(=O)=O)s2)CC1. The van der Waals surface area contributed by atoms with Crippen LogP contribution in [0.3, 0.4) is 0 Å². The van der Waals surface area contributed by atoms with E-state index in [2.05, 4.69) is 21.4 Å². The van der Waals surface area contributed by atoms with E-state index in [9.17, 15) is 13.2 Å². The number of nitrogens with two attached hydrogens (primary N) is 1. The lowest BCUT2D eigenvalue weighted by Crippen LogP contribution is -2.26. The Morgan fingerprint density at radius 3 is 2.50 bits per heavy atom. The normalized spacial score (nSPS) is 23.0. The number of anilines is 1. The van der Waals surface area contributed by atoms with E-state index in [1.54, 1.807) is 0 Å². The highest BCUT2D eigenvalue weighted by molar-refractivity contribution is 7.91. The van der Waals surface area contributed by atoms with Crippen LogP contribution in [0.5, 0.6) is 0 Å². The Bertz CT molecular complexity index is 639. The number of terminal acetylenes is 1. The molecule has 0 aliphatic heterocycles. The molecule has 1 aliphatic carbocycles. The molecule has 20 heavy (non-hydrogen) atoms. The lowest BCUT2D eigenvalue weighted by molar-refractivity contribution is -0.120. The first kappa shape index (κ1) is 14.9. The number of hydrogen-bond donors (Lipinski definition) is 2. The first-order chi connectivity index (χ1) is 9.40. The van der Waals surface area contributed by atoms with Crippen LogP contribution in [0.25, 0.3) is 0 Å². The molecule has 1 aromatic rings. The van der Waals surface area contributed by atoms with Crippen LogP contribution in [0.4, 0.5) is 5.13 Å². The predicted molar refractivity (Wildman–Crippen MR) is 74.2 cm³/mol. The molecule has 0 aromatic carbocycles. The maximum atomic E-state index is 12.0. The number of hydrogen-bond acceptors (Lipinski definition) is 6. The van der Waals surface area contributed by atoms with Gasteiger partial charge in [0.1, 0.15) is 0 Å². The molecule has 1 amide bonds. The van der Waals surface area contributed by atoms with Crippen LogP contribution in [0.15, 0.2) is 4.34 Å². The summed E-state index contributed by atoms with van der Waals surface area (Å²) in [5.74, 6) is 2.64. The first-order valence-corrected chi connectivity index (χ1v) is 8.39. The molecule has 3 N–H and O–H groups in total. The molecule has 0 atom stereocenters. The molecule has 0 spiro atoms. The van der Waals surface area contributed by atoms with Crippen LogP contribution >= 0.6 is 11.3 Å². The minimum atomic E-state index is -3.88. The van der Waals surface area contributed by atoms with Crippen LogP contribution in [0, 0.1) is 24.2 Å². The molecule has 0 radical (unpaired) electrons. The number of rotatable bonds is 3. The van der Waals surface area contributed by atoms with Crippen LogP contribution in [0.1, 0.15) is 25.7 Å². The van der Waals surface area contributed by atoms with E-state index >= 15 is 0 Å². The summed E-state index contributed by atoms with van der Waals surface area (Å²) in [6.45, 7) is 0. The Morgan fingerprint density at radius 2 is 2.00 bits per heavy atom. The van der Waals surface area contributed by atoms with Gasteiger partial charge >= 0.3 is 0 Å². The van der Waals surface area contributed by atoms with Gasteiger partial charge < -0.3 is 5.32 Å². The molecule has 0 saturated heterocycles. The second-order valence-corrected chi connectivity index (χ2v) is 7.34. The quantitative estimate of drug-likeness (QED) is 0.625. The maximum absolute atomic E-state index is 12.0. The van der Waals surface area contributed by atoms with Crippen molar-refractivity contribution in [1.29, 1.82) is 0 Å². The van der Waals surface area contributed by atoms with Gasteiger partial charge in [-0.15, -0.1) is 22.5 Å². The molecule has 7 nitrogen and oxygen atoms in total. The van der Waals surface area contributed by atoms with Gasteiger partial charge in [0.2, 0.25) is 15.4 Å². The van der Waals surface area contributed by atoms with Crippen molar-refractivity contribution in [2.75, 3.05) is 5.32 Å². The minimum absolute atomic E-state index is 0.124. The van der Waals surface area contributed by atoms with Crippen LogP contribution in [0.2, 0.25) is 0 Å². The zero-order chi connectivity index (χ0) is 14.8. The van der Waals surface area contributed by atoms with Crippen molar-refractivity contribution in [3.05, 3.63) is 0 Å². The molecule has 1 fully saturated rings. The number of carbonyl (C=O) groups excluding carboxylic acids is 1. The fraction of sp³-hybridized carbons (Fsp3) is 0.545. The van der Waals surface area contributed by atoms with Gasteiger partial charge in [0.25, 0.3) is 10.0 Å². The summed E-state index contributed by atoms with van der Waals surface area (Å²) in [6.07, 6.45) is 8.46. The van der Waals surface area contributed by atoms with E-state index in [0.717, 1.165) is 37.0 Å². The molecular formula is C11H14N4O3S2. The van der Waals surface area contributed by atoms with E-state index in [0.29, 0.717) is 0 Å². The Labute approximate surface area is 121 Å². The standard InChI is InChI=1S/C11H14N4O3S2/c1-2-7-3-5-8(6-4-7)9(16)13-10-14-15-11(19-10)20(12,17)18/h1,7-8H,3-6H2,(H2,12,17,18)(H,13,14,16). The van der Waals surface area contributed by atoms with Gasteiger partial charge in [-0.05, 0) is 25.7 Å². The number of primary sulfonamides is 1. The second kappa shape index (κ2) is 5.87. The third-order valence-corrected chi connectivity index (χ3v) is 5.36. The van der Waals surface area contributed by atoms with Crippen molar-refractivity contribution in [2.45, 2.75) is 30.0 Å². The third kappa shape index (κ3) is 3.53. The molecule has 0 bridgehead atoms. The number of amides is 1. The van der Waals surface area contributed by atoms with Gasteiger partial charge in [-0.1, -0.05) is 11.3 Å². The molecule has 1 heterocycles. The number of carbonyl (C=O) groups is 1. The third-order valence-electron chi connectivity index (χ3n) is 3.21. The zero-order valence-electron chi connectivity index (χ0n) is 10.6. The summed E-state index contributed by atoms with van der Waals surface area (Å²) in [7, 11) is -3.88. The van der Waals surface area contributed by atoms with E-state index in [1.165, 1.54) is 0 Å². The summed E-state index contributed by atoms with van der Waals surface area (Å²) in [4.78, 5) is 12.0. The number of aromatic nitrogens is 2. The Morgan fingerprint density at radius 1 is 1.35 bits per heavy atom. The average molecular weight is 314 g/mol. The zero-order valence-corrected chi connectivity index (χ0v) is 12.2. The number of nitrogens with one attached hydrogen (secondary N) is 1. The second-order valence-electron chi connectivity index (χ2n) is 4.62. The summed E-state index contributed by atoms with van der Waals surface area (Å²) < 4.78 is 21.8. The molecule has 0 unspecified atom stereocenters. The van der Waals surface area contributed by atoms with Crippen LogP contribution in [-0.2, 0) is 14.8 Å². The molecule has 2 rings (SSSR count). The van der Waals surface area contributed by atoms with E-state index in [-0.39, 0.29) is 27.2 Å². The van der Waals surface area contributed by atoms with Crippen molar-refractivity contribution < 1.29 is 13.2 Å². The molecule has 1 aromatic heterocycles. The van der Waals surface area contributed by atoms with Gasteiger partial charge in [-0.25, -0.2) is 13.6 Å². The highest BCUT2D eigenvalue weighted by atomic mass is 32.2. The largest absolute Gasteiger partial charge is 0.300 e. The Balaban J connectivity index is 1.96. The highest BCUT2D eigenvalue weighted by Crippen LogP contribution is 2.29. The summed E-state index contributed by atoms with van der Waals surface area (Å²) in [6, 6.07) is 0. The van der Waals surface area contributed by atoms with Crippen LogP contribution < -0.4 is 10.5 Å². The molecule has 1 aliphatic rings. The fourth-order valence-corrected chi connectivity index (χ4v) is 3.44. The Hall–Kier alpha value is -1.50. The lowest BCUT2D eigenvalue weighted by Gasteiger charge is -2.24. The Kier molecular flexibility index (Phi) is 4.37. The molecule has 9 heteroatoms. The maximum Gasteiger partial charge on any atom is 0.267 e. The van der Waals surface area contributed by atoms with Crippen molar-refractivity contribution in [3.63, 3.8) is 0 Å². The number of sulfonamides is 1. The van der Waals surface area contributed by atoms with Gasteiger partial charge in [0.05, 0.1) is 0 Å².